The first-order chi connectivity index (χ1) is 10.6. The van der Waals surface area contributed by atoms with E-state index in [0.717, 1.165) is 0 Å². The van der Waals surface area contributed by atoms with Crippen molar-refractivity contribution in [2.24, 2.45) is 0 Å². The Bertz CT molecular complexity index is 667. The highest BCUT2D eigenvalue weighted by atomic mass is 32.1. The van der Waals surface area contributed by atoms with Crippen LogP contribution in [0.5, 0.6) is 11.5 Å². The molecule has 1 amide bonds. The van der Waals surface area contributed by atoms with Gasteiger partial charge in [-0.15, -0.1) is 11.3 Å². The van der Waals surface area contributed by atoms with E-state index in [-0.39, 0.29) is 12.5 Å². The van der Waals surface area contributed by atoms with Crippen molar-refractivity contribution in [1.29, 1.82) is 0 Å². The van der Waals surface area contributed by atoms with E-state index in [1.165, 1.54) is 18.4 Å². The molecule has 0 radical (unpaired) electrons. The number of rotatable bonds is 6. The Kier molecular flexibility index (Phi) is 5.37. The van der Waals surface area contributed by atoms with E-state index >= 15 is 0 Å². The van der Waals surface area contributed by atoms with Gasteiger partial charge in [-0.2, -0.15) is 0 Å². The minimum Gasteiger partial charge on any atom is -0.497 e. The standard InChI is InChI=1S/C15H15NO5S/c1-19-10-4-3-5-11(8-10)21-9-13(17)16-14-12(6-7-22-14)15(18)20-2/h3-8H,9H2,1-2H3,(H,16,17). The molecule has 0 aliphatic rings. The molecule has 2 rings (SSSR count). The van der Waals surface area contributed by atoms with Gasteiger partial charge in [-0.25, -0.2) is 4.79 Å². The van der Waals surface area contributed by atoms with E-state index in [9.17, 15) is 9.59 Å². The Morgan fingerprint density at radius 3 is 2.68 bits per heavy atom. The van der Waals surface area contributed by atoms with Gasteiger partial charge in [0.05, 0.1) is 19.8 Å². The van der Waals surface area contributed by atoms with Gasteiger partial charge in [-0.3, -0.25) is 4.79 Å². The van der Waals surface area contributed by atoms with E-state index in [1.54, 1.807) is 42.8 Å². The summed E-state index contributed by atoms with van der Waals surface area (Å²) < 4.78 is 15.1. The monoisotopic (exact) mass is 321 g/mol. The molecule has 1 heterocycles. The van der Waals surface area contributed by atoms with Crippen LogP contribution in [0.4, 0.5) is 5.00 Å². The minimum absolute atomic E-state index is 0.175. The van der Waals surface area contributed by atoms with Gasteiger partial charge in [0, 0.05) is 6.07 Å². The zero-order valence-corrected chi connectivity index (χ0v) is 12.9. The molecule has 22 heavy (non-hydrogen) atoms. The Morgan fingerprint density at radius 1 is 1.18 bits per heavy atom. The number of anilines is 1. The Labute approximate surface area is 131 Å². The second kappa shape index (κ2) is 7.46. The first-order valence-electron chi connectivity index (χ1n) is 6.36. The second-order valence-corrected chi connectivity index (χ2v) is 5.09. The Morgan fingerprint density at radius 2 is 1.95 bits per heavy atom. The molecule has 0 spiro atoms. The molecule has 0 saturated carbocycles. The predicted octanol–water partition coefficient (Wildman–Crippen LogP) is 2.56. The number of carbonyl (C=O) groups is 2. The third-order valence-electron chi connectivity index (χ3n) is 2.73. The van der Waals surface area contributed by atoms with Crippen molar-refractivity contribution in [1.82, 2.24) is 0 Å². The molecule has 6 nitrogen and oxygen atoms in total. The maximum Gasteiger partial charge on any atom is 0.340 e. The van der Waals surface area contributed by atoms with Crippen LogP contribution < -0.4 is 14.8 Å². The molecule has 0 aliphatic carbocycles. The Balaban J connectivity index is 1.93. The first-order valence-corrected chi connectivity index (χ1v) is 7.24. The van der Waals surface area contributed by atoms with Gasteiger partial charge in [-0.05, 0) is 23.6 Å². The maximum absolute atomic E-state index is 11.9. The molecule has 0 atom stereocenters. The van der Waals surface area contributed by atoms with Crippen molar-refractivity contribution in [2.75, 3.05) is 26.1 Å². The highest BCUT2D eigenvalue weighted by molar-refractivity contribution is 7.14. The lowest BCUT2D eigenvalue weighted by Crippen LogP contribution is -2.20. The third kappa shape index (κ3) is 3.98. The van der Waals surface area contributed by atoms with Crippen molar-refractivity contribution in [3.63, 3.8) is 0 Å². The molecule has 1 aromatic heterocycles. The number of ether oxygens (including phenoxy) is 3. The van der Waals surface area contributed by atoms with Gasteiger partial charge in [0.15, 0.2) is 6.61 Å². The summed E-state index contributed by atoms with van der Waals surface area (Å²) in [4.78, 5) is 23.4. The number of amides is 1. The minimum atomic E-state index is -0.495. The van der Waals surface area contributed by atoms with Crippen LogP contribution in [-0.4, -0.2) is 32.7 Å². The quantitative estimate of drug-likeness (QED) is 0.828. The summed E-state index contributed by atoms with van der Waals surface area (Å²) >= 11 is 1.24. The van der Waals surface area contributed by atoms with E-state index < -0.39 is 5.97 Å². The molecule has 7 heteroatoms. The van der Waals surface area contributed by atoms with Crippen molar-refractivity contribution in [3.8, 4) is 11.5 Å². The van der Waals surface area contributed by atoms with Crippen LogP contribution in [0.15, 0.2) is 35.7 Å². The van der Waals surface area contributed by atoms with Gasteiger partial charge in [0.25, 0.3) is 5.91 Å². The average molecular weight is 321 g/mol. The molecule has 0 saturated heterocycles. The van der Waals surface area contributed by atoms with E-state index in [0.29, 0.717) is 22.1 Å². The predicted molar refractivity (Wildman–Crippen MR) is 82.8 cm³/mol. The van der Waals surface area contributed by atoms with Crippen molar-refractivity contribution in [3.05, 3.63) is 41.3 Å². The SMILES string of the molecule is COC(=O)c1ccsc1NC(=O)COc1cccc(OC)c1. The van der Waals surface area contributed by atoms with Crippen LogP contribution in [0.3, 0.4) is 0 Å². The molecule has 0 fully saturated rings. The molecule has 1 aromatic carbocycles. The molecule has 2 aromatic rings. The van der Waals surface area contributed by atoms with Crippen LogP contribution >= 0.6 is 11.3 Å². The lowest BCUT2D eigenvalue weighted by Gasteiger charge is -2.08. The van der Waals surface area contributed by atoms with Crippen LogP contribution in [0.1, 0.15) is 10.4 Å². The highest BCUT2D eigenvalue weighted by Crippen LogP contribution is 2.24. The lowest BCUT2D eigenvalue weighted by molar-refractivity contribution is -0.118. The summed E-state index contributed by atoms with van der Waals surface area (Å²) in [6.45, 7) is -0.175. The zero-order valence-electron chi connectivity index (χ0n) is 12.1. The third-order valence-corrected chi connectivity index (χ3v) is 3.56. The lowest BCUT2D eigenvalue weighted by atomic mass is 10.3. The number of nitrogens with one attached hydrogen (secondary N) is 1. The number of hydrogen-bond acceptors (Lipinski definition) is 6. The molecule has 0 aliphatic heterocycles. The maximum atomic E-state index is 11.9. The van der Waals surface area contributed by atoms with Crippen LogP contribution in [0.25, 0.3) is 0 Å². The highest BCUT2D eigenvalue weighted by Gasteiger charge is 2.15. The van der Waals surface area contributed by atoms with E-state index in [2.05, 4.69) is 10.1 Å². The number of benzene rings is 1. The summed E-state index contributed by atoms with van der Waals surface area (Å²) in [7, 11) is 2.84. The number of methoxy groups -OCH3 is 2. The number of thiophene rings is 1. The number of esters is 1. The van der Waals surface area contributed by atoms with Crippen LogP contribution in [0, 0.1) is 0 Å². The van der Waals surface area contributed by atoms with E-state index in [1.807, 2.05) is 0 Å². The zero-order chi connectivity index (χ0) is 15.9. The number of hydrogen-bond donors (Lipinski definition) is 1. The van der Waals surface area contributed by atoms with E-state index in [4.69, 9.17) is 9.47 Å². The summed E-state index contributed by atoms with van der Waals surface area (Å²) in [5.41, 5.74) is 0.322. The van der Waals surface area contributed by atoms with Gasteiger partial charge in [-0.1, -0.05) is 6.07 Å². The summed E-state index contributed by atoms with van der Waals surface area (Å²) in [6.07, 6.45) is 0. The molecule has 116 valence electrons. The summed E-state index contributed by atoms with van der Waals surface area (Å²) in [5.74, 6) is 0.304. The van der Waals surface area contributed by atoms with Crippen molar-refractivity contribution in [2.45, 2.75) is 0 Å². The van der Waals surface area contributed by atoms with Crippen LogP contribution in [0.2, 0.25) is 0 Å². The Hall–Kier alpha value is -2.54. The molecular weight excluding hydrogens is 306 g/mol. The summed E-state index contributed by atoms with van der Waals surface area (Å²) in [6, 6.07) is 8.54. The van der Waals surface area contributed by atoms with Gasteiger partial charge >= 0.3 is 5.97 Å². The van der Waals surface area contributed by atoms with Gasteiger partial charge in [0.2, 0.25) is 0 Å². The van der Waals surface area contributed by atoms with Crippen molar-refractivity contribution < 1.29 is 23.8 Å². The average Bonchev–Trinajstić information content (AvgIpc) is 3.00. The molecule has 1 N–H and O–H groups in total. The van der Waals surface area contributed by atoms with Crippen LogP contribution in [-0.2, 0) is 9.53 Å². The number of carbonyl (C=O) groups excluding carboxylic acids is 2. The van der Waals surface area contributed by atoms with Gasteiger partial charge < -0.3 is 19.5 Å². The molecule has 0 unspecified atom stereocenters. The molecule has 0 bridgehead atoms. The fraction of sp³-hybridized carbons (Fsp3) is 0.200. The summed E-state index contributed by atoms with van der Waals surface area (Å²) in [5, 5.41) is 4.76. The largest absolute Gasteiger partial charge is 0.497 e. The second-order valence-electron chi connectivity index (χ2n) is 4.17. The fourth-order valence-electron chi connectivity index (χ4n) is 1.68. The van der Waals surface area contributed by atoms with Gasteiger partial charge in [0.1, 0.15) is 16.5 Å². The fourth-order valence-corrected chi connectivity index (χ4v) is 2.47. The normalized spacial score (nSPS) is 9.91. The smallest absolute Gasteiger partial charge is 0.340 e. The molecular formula is C15H15NO5S. The first kappa shape index (κ1) is 15.8. The topological polar surface area (TPSA) is 73.9 Å². The van der Waals surface area contributed by atoms with Crippen molar-refractivity contribution >= 4 is 28.2 Å².